The molecular formula is C13H5F3O. The van der Waals surface area contributed by atoms with Crippen molar-refractivity contribution in [2.24, 2.45) is 0 Å². The van der Waals surface area contributed by atoms with Crippen LogP contribution in [0.2, 0.25) is 0 Å². The summed E-state index contributed by atoms with van der Waals surface area (Å²) in [6.45, 7) is 0. The van der Waals surface area contributed by atoms with Crippen molar-refractivity contribution in [1.82, 2.24) is 0 Å². The van der Waals surface area contributed by atoms with E-state index in [1.165, 1.54) is 24.3 Å². The van der Waals surface area contributed by atoms with Crippen LogP contribution < -0.4 is 0 Å². The highest BCUT2D eigenvalue weighted by molar-refractivity contribution is 6.25. The molecule has 1 nitrogen and oxygen atoms in total. The minimum atomic E-state index is -1.13. The van der Waals surface area contributed by atoms with Crippen molar-refractivity contribution in [3.05, 3.63) is 58.4 Å². The van der Waals surface area contributed by atoms with E-state index >= 15 is 0 Å². The SMILES string of the molecule is O=C1C(F)=CC(F)=C2C1=Cc1cc(F)ccc12. The Hall–Kier alpha value is -2.10. The van der Waals surface area contributed by atoms with Crippen molar-refractivity contribution in [1.29, 1.82) is 0 Å². The fourth-order valence-corrected chi connectivity index (χ4v) is 2.07. The van der Waals surface area contributed by atoms with Gasteiger partial charge >= 0.3 is 0 Å². The molecule has 0 heterocycles. The fourth-order valence-electron chi connectivity index (χ4n) is 2.07. The van der Waals surface area contributed by atoms with Crippen LogP contribution >= 0.6 is 0 Å². The van der Waals surface area contributed by atoms with Crippen LogP contribution in [0.1, 0.15) is 11.1 Å². The topological polar surface area (TPSA) is 17.1 Å². The van der Waals surface area contributed by atoms with E-state index in [0.717, 1.165) is 0 Å². The summed E-state index contributed by atoms with van der Waals surface area (Å²) < 4.78 is 39.7. The highest BCUT2D eigenvalue weighted by atomic mass is 19.1. The monoisotopic (exact) mass is 234 g/mol. The second-order valence-electron chi connectivity index (χ2n) is 3.83. The fraction of sp³-hybridized carbons (Fsp3) is 0. The third-order valence-corrected chi connectivity index (χ3v) is 2.81. The number of fused-ring (bicyclic) bond motifs is 3. The van der Waals surface area contributed by atoms with Gasteiger partial charge in [-0.05, 0) is 29.3 Å². The highest BCUT2D eigenvalue weighted by Crippen LogP contribution is 2.42. The summed E-state index contributed by atoms with van der Waals surface area (Å²) in [4.78, 5) is 11.5. The molecule has 2 aliphatic rings. The molecule has 0 spiro atoms. The second kappa shape index (κ2) is 3.20. The highest BCUT2D eigenvalue weighted by Gasteiger charge is 2.32. The largest absolute Gasteiger partial charge is 0.286 e. The number of Topliss-reactive ketones (excluding diaryl/α,β-unsaturated/α-hetero) is 1. The molecule has 0 bridgehead atoms. The third-order valence-electron chi connectivity index (χ3n) is 2.81. The summed E-state index contributed by atoms with van der Waals surface area (Å²) in [6, 6.07) is 3.74. The molecule has 0 aromatic heterocycles. The molecule has 0 N–H and O–H groups in total. The van der Waals surface area contributed by atoms with Crippen molar-refractivity contribution in [3.8, 4) is 0 Å². The second-order valence-corrected chi connectivity index (χ2v) is 3.83. The van der Waals surface area contributed by atoms with Gasteiger partial charge in [0.1, 0.15) is 11.6 Å². The van der Waals surface area contributed by atoms with E-state index < -0.39 is 23.3 Å². The predicted octanol–water partition coefficient (Wildman–Crippen LogP) is 3.34. The standard InChI is InChI=1S/C13H5F3O/c14-7-1-2-8-6(3-7)4-9-12(8)10(15)5-11(16)13(9)17/h1-5H. The first kappa shape index (κ1) is 10.1. The van der Waals surface area contributed by atoms with Gasteiger partial charge in [-0.1, -0.05) is 6.07 Å². The number of carbonyl (C=O) groups excluding carboxylic acids is 1. The van der Waals surface area contributed by atoms with Gasteiger partial charge in [0, 0.05) is 17.2 Å². The van der Waals surface area contributed by atoms with Crippen molar-refractivity contribution in [2.45, 2.75) is 0 Å². The molecule has 84 valence electrons. The number of rotatable bonds is 0. The molecule has 2 aliphatic carbocycles. The van der Waals surface area contributed by atoms with E-state index in [-0.39, 0.29) is 11.1 Å². The Morgan fingerprint density at radius 2 is 1.76 bits per heavy atom. The van der Waals surface area contributed by atoms with Crippen molar-refractivity contribution < 1.29 is 18.0 Å². The lowest BCUT2D eigenvalue weighted by molar-refractivity contribution is -0.113. The summed E-state index contributed by atoms with van der Waals surface area (Å²) >= 11 is 0. The summed E-state index contributed by atoms with van der Waals surface area (Å²) in [5, 5.41) is 0. The summed E-state index contributed by atoms with van der Waals surface area (Å²) in [5.41, 5.74) is 0.798. The molecule has 1 aromatic carbocycles. The van der Waals surface area contributed by atoms with Gasteiger partial charge in [-0.25, -0.2) is 13.2 Å². The number of carbonyl (C=O) groups is 1. The van der Waals surface area contributed by atoms with Crippen molar-refractivity contribution in [2.75, 3.05) is 0 Å². The average molecular weight is 234 g/mol. The molecule has 0 fully saturated rings. The Morgan fingerprint density at radius 1 is 1.00 bits per heavy atom. The van der Waals surface area contributed by atoms with Crippen LogP contribution in [0, 0.1) is 5.82 Å². The third kappa shape index (κ3) is 1.30. The van der Waals surface area contributed by atoms with Gasteiger partial charge < -0.3 is 0 Å². The van der Waals surface area contributed by atoms with Crippen molar-refractivity contribution in [3.63, 3.8) is 0 Å². The van der Waals surface area contributed by atoms with Gasteiger partial charge in [-0.3, -0.25) is 4.79 Å². The van der Waals surface area contributed by atoms with Crippen LogP contribution in [-0.4, -0.2) is 5.78 Å². The number of halogens is 3. The quantitative estimate of drug-likeness (QED) is 0.672. The van der Waals surface area contributed by atoms with Crippen LogP contribution in [0.3, 0.4) is 0 Å². The van der Waals surface area contributed by atoms with E-state index in [9.17, 15) is 18.0 Å². The summed E-state index contributed by atoms with van der Waals surface area (Å²) in [5.74, 6) is -3.29. The average Bonchev–Trinajstić information content (AvgIpc) is 2.64. The lowest BCUT2D eigenvalue weighted by Gasteiger charge is -2.10. The smallest absolute Gasteiger partial charge is 0.222 e. The van der Waals surface area contributed by atoms with E-state index in [4.69, 9.17) is 0 Å². The summed E-state index contributed by atoms with van der Waals surface area (Å²) in [6.07, 6.45) is 1.87. The Bertz CT molecular complexity index is 651. The molecule has 0 atom stereocenters. The zero-order chi connectivity index (χ0) is 12.2. The minimum absolute atomic E-state index is 0.0476. The number of allylic oxidation sites excluding steroid dienone is 5. The minimum Gasteiger partial charge on any atom is -0.286 e. The zero-order valence-electron chi connectivity index (χ0n) is 8.43. The van der Waals surface area contributed by atoms with Crippen LogP contribution in [0.15, 0.2) is 41.5 Å². The molecule has 4 heteroatoms. The maximum Gasteiger partial charge on any atom is 0.222 e. The molecule has 0 amide bonds. The zero-order valence-corrected chi connectivity index (χ0v) is 8.43. The Morgan fingerprint density at radius 3 is 2.53 bits per heavy atom. The molecule has 0 aliphatic heterocycles. The first-order chi connectivity index (χ1) is 8.08. The van der Waals surface area contributed by atoms with E-state index in [2.05, 4.69) is 0 Å². The molecule has 0 unspecified atom stereocenters. The molecule has 0 saturated carbocycles. The summed E-state index contributed by atoms with van der Waals surface area (Å²) in [7, 11) is 0. The van der Waals surface area contributed by atoms with Gasteiger partial charge in [-0.15, -0.1) is 0 Å². The molecule has 3 rings (SSSR count). The van der Waals surface area contributed by atoms with Gasteiger partial charge in [0.05, 0.1) is 0 Å². The normalized spacial score (nSPS) is 17.7. The predicted molar refractivity (Wildman–Crippen MR) is 56.6 cm³/mol. The van der Waals surface area contributed by atoms with Gasteiger partial charge in [0.2, 0.25) is 5.78 Å². The van der Waals surface area contributed by atoms with E-state index in [1.54, 1.807) is 0 Å². The molecule has 0 radical (unpaired) electrons. The van der Waals surface area contributed by atoms with Crippen LogP contribution in [-0.2, 0) is 4.79 Å². The molecular weight excluding hydrogens is 229 g/mol. The van der Waals surface area contributed by atoms with E-state index in [1.807, 2.05) is 0 Å². The maximum absolute atomic E-state index is 13.6. The number of ketones is 1. The first-order valence-corrected chi connectivity index (χ1v) is 4.91. The lowest BCUT2D eigenvalue weighted by atomic mass is 9.95. The molecule has 1 aromatic rings. The lowest BCUT2D eigenvalue weighted by Crippen LogP contribution is -2.08. The number of benzene rings is 1. The van der Waals surface area contributed by atoms with Crippen LogP contribution in [0.25, 0.3) is 11.6 Å². The van der Waals surface area contributed by atoms with E-state index in [0.29, 0.717) is 17.2 Å². The molecule has 17 heavy (non-hydrogen) atoms. The molecule has 0 saturated heterocycles. The Balaban J connectivity index is 2.31. The Labute approximate surface area is 94.6 Å². The van der Waals surface area contributed by atoms with Crippen molar-refractivity contribution >= 4 is 17.4 Å². The number of hydrogen-bond acceptors (Lipinski definition) is 1. The van der Waals surface area contributed by atoms with Gasteiger partial charge in [-0.2, -0.15) is 0 Å². The van der Waals surface area contributed by atoms with Gasteiger partial charge in [0.25, 0.3) is 0 Å². The maximum atomic E-state index is 13.6. The number of hydrogen-bond donors (Lipinski definition) is 0. The van der Waals surface area contributed by atoms with Crippen LogP contribution in [0.5, 0.6) is 0 Å². The first-order valence-electron chi connectivity index (χ1n) is 4.91. The Kier molecular flexibility index (Phi) is 1.90. The van der Waals surface area contributed by atoms with Crippen LogP contribution in [0.4, 0.5) is 13.2 Å². The van der Waals surface area contributed by atoms with Gasteiger partial charge in [0.15, 0.2) is 5.83 Å².